The molecular weight excluding hydrogens is 352 g/mol. The van der Waals surface area contributed by atoms with E-state index < -0.39 is 10.3 Å². The third-order valence-electron chi connectivity index (χ3n) is 3.72. The van der Waals surface area contributed by atoms with E-state index in [2.05, 4.69) is 4.98 Å². The molecule has 0 saturated heterocycles. The van der Waals surface area contributed by atoms with Crippen LogP contribution in [0.2, 0.25) is 5.02 Å². The summed E-state index contributed by atoms with van der Waals surface area (Å²) in [5.41, 5.74) is 2.37. The summed E-state index contributed by atoms with van der Waals surface area (Å²) in [6, 6.07) is 10.9. The highest BCUT2D eigenvalue weighted by Gasteiger charge is 2.15. The number of imidazole rings is 1. The van der Waals surface area contributed by atoms with E-state index in [0.29, 0.717) is 34.4 Å². The summed E-state index contributed by atoms with van der Waals surface area (Å²) in [5, 5.41) is 1.64. The Morgan fingerprint density at radius 3 is 2.83 bits per heavy atom. The summed E-state index contributed by atoms with van der Waals surface area (Å²) < 4.78 is 34.7. The third kappa shape index (κ3) is 2.72. The molecule has 3 aromatic rings. The average molecular weight is 363 g/mol. The Balaban J connectivity index is 1.85. The topological polar surface area (TPSA) is 70.4 Å². The highest BCUT2D eigenvalue weighted by molar-refractivity contribution is 7.71. The predicted molar refractivity (Wildman–Crippen MR) is 90.5 cm³/mol. The number of fused-ring (bicyclic) bond motifs is 2. The molecule has 122 valence electrons. The Labute approximate surface area is 143 Å². The molecule has 8 heteroatoms. The van der Waals surface area contributed by atoms with E-state index in [9.17, 15) is 8.42 Å². The van der Waals surface area contributed by atoms with Crippen molar-refractivity contribution < 1.29 is 17.9 Å². The normalized spacial score (nSPS) is 12.5. The van der Waals surface area contributed by atoms with Gasteiger partial charge in [0.2, 0.25) is 17.1 Å². The molecule has 0 aliphatic carbocycles. The van der Waals surface area contributed by atoms with Gasteiger partial charge in [0.05, 0.1) is 11.0 Å². The van der Waals surface area contributed by atoms with Gasteiger partial charge in [0.25, 0.3) is 0 Å². The van der Waals surface area contributed by atoms with Crippen LogP contribution >= 0.6 is 11.6 Å². The molecule has 0 radical (unpaired) electrons. The molecule has 0 unspecified atom stereocenters. The van der Waals surface area contributed by atoms with Crippen molar-refractivity contribution in [3.8, 4) is 11.5 Å². The van der Waals surface area contributed by atoms with Crippen LogP contribution in [0.25, 0.3) is 11.0 Å². The zero-order chi connectivity index (χ0) is 16.7. The number of ether oxygens (including phenoxy) is 2. The number of rotatable bonds is 3. The number of hydrogen-bond donors (Lipinski definition) is 0. The number of hydrogen-bond acceptors (Lipinski definition) is 5. The molecule has 0 bridgehead atoms. The Hall–Kier alpha value is -2.51. The van der Waals surface area contributed by atoms with Crippen molar-refractivity contribution in [3.05, 3.63) is 52.8 Å². The zero-order valence-corrected chi connectivity index (χ0v) is 13.8. The maximum absolute atomic E-state index is 11.1. The third-order valence-corrected chi connectivity index (χ3v) is 4.36. The van der Waals surface area contributed by atoms with Crippen molar-refractivity contribution in [3.63, 3.8) is 0 Å². The molecule has 0 N–H and O–H groups in total. The van der Waals surface area contributed by atoms with Crippen molar-refractivity contribution in [2.75, 3.05) is 6.79 Å². The number of nitrogens with zero attached hydrogens (tertiary/aromatic N) is 2. The second-order valence-electron chi connectivity index (χ2n) is 5.26. The lowest BCUT2D eigenvalue weighted by Crippen LogP contribution is -2.05. The summed E-state index contributed by atoms with van der Waals surface area (Å²) in [5.74, 6) is 1.72. The second-order valence-corrected chi connectivity index (χ2v) is 6.45. The first-order chi connectivity index (χ1) is 11.6. The molecule has 0 fully saturated rings. The maximum Gasteiger partial charge on any atom is 0.231 e. The van der Waals surface area contributed by atoms with Crippen molar-refractivity contribution >= 4 is 38.3 Å². The second kappa shape index (κ2) is 5.85. The van der Waals surface area contributed by atoms with Crippen LogP contribution in [0.4, 0.5) is 0 Å². The summed E-state index contributed by atoms with van der Waals surface area (Å²) >= 11 is 6.08. The van der Waals surface area contributed by atoms with Gasteiger partial charge in [-0.05, 0) is 35.9 Å². The van der Waals surface area contributed by atoms with Gasteiger partial charge in [-0.25, -0.2) is 4.98 Å². The van der Waals surface area contributed by atoms with Crippen LogP contribution in [0.1, 0.15) is 11.4 Å². The smallest absolute Gasteiger partial charge is 0.231 e. The summed E-state index contributed by atoms with van der Waals surface area (Å²) in [6.07, 6.45) is 0. The minimum atomic E-state index is -2.35. The van der Waals surface area contributed by atoms with Crippen LogP contribution in [-0.2, 0) is 16.8 Å². The lowest BCUT2D eigenvalue weighted by molar-refractivity contribution is 0.174. The number of benzene rings is 2. The van der Waals surface area contributed by atoms with E-state index in [1.807, 2.05) is 18.2 Å². The van der Waals surface area contributed by atoms with Crippen molar-refractivity contribution in [2.45, 2.75) is 6.54 Å². The van der Waals surface area contributed by atoms with Crippen LogP contribution in [0.5, 0.6) is 11.5 Å². The Morgan fingerprint density at radius 2 is 2.00 bits per heavy atom. The molecule has 0 atom stereocenters. The van der Waals surface area contributed by atoms with E-state index >= 15 is 0 Å². The lowest BCUT2D eigenvalue weighted by Gasteiger charge is -2.08. The van der Waals surface area contributed by atoms with Crippen LogP contribution in [-0.4, -0.2) is 30.1 Å². The molecule has 0 amide bonds. The monoisotopic (exact) mass is 362 g/mol. The van der Waals surface area contributed by atoms with Crippen molar-refractivity contribution in [1.29, 1.82) is 0 Å². The van der Waals surface area contributed by atoms with Gasteiger partial charge < -0.3 is 14.0 Å². The molecule has 2 heterocycles. The molecule has 1 aromatic heterocycles. The molecule has 0 saturated carbocycles. The Morgan fingerprint density at radius 1 is 1.17 bits per heavy atom. The average Bonchev–Trinajstić information content (AvgIpc) is 3.12. The van der Waals surface area contributed by atoms with Crippen molar-refractivity contribution in [2.24, 2.45) is 0 Å². The highest BCUT2D eigenvalue weighted by Crippen LogP contribution is 2.33. The summed E-state index contributed by atoms with van der Waals surface area (Å²) in [6.45, 7) is 0.632. The van der Waals surface area contributed by atoms with E-state index in [-0.39, 0.29) is 6.79 Å². The highest BCUT2D eigenvalue weighted by atomic mass is 35.5. The molecule has 1 aliphatic heterocycles. The van der Waals surface area contributed by atoms with Gasteiger partial charge in [-0.2, -0.15) is 8.42 Å². The molecule has 4 rings (SSSR count). The SMILES string of the molecule is O=S(=O)=Cc1nc2ccc(Cl)cc2n1Cc1ccc2c(c1)OCO2. The minimum Gasteiger partial charge on any atom is -0.454 e. The first-order valence-corrected chi connectivity index (χ1v) is 8.59. The predicted octanol–water partition coefficient (Wildman–Crippen LogP) is 2.50. The van der Waals surface area contributed by atoms with Gasteiger partial charge in [-0.1, -0.05) is 17.7 Å². The summed E-state index contributed by atoms with van der Waals surface area (Å²) in [4.78, 5) is 4.36. The van der Waals surface area contributed by atoms with Crippen LogP contribution in [0.3, 0.4) is 0 Å². The molecular formula is C16H11ClN2O4S. The minimum absolute atomic E-state index is 0.205. The maximum atomic E-state index is 11.1. The molecule has 1 aliphatic rings. The lowest BCUT2D eigenvalue weighted by atomic mass is 10.2. The standard InChI is InChI=1S/C16H11ClN2O4S/c17-11-2-3-12-13(6-11)19(16(18-12)8-24(20)21)7-10-1-4-14-15(5-10)23-9-22-14/h1-6,8H,7,9H2. The van der Waals surface area contributed by atoms with E-state index in [0.717, 1.165) is 16.4 Å². The molecule has 0 spiro atoms. The number of halogens is 1. The first kappa shape index (κ1) is 15.0. The van der Waals surface area contributed by atoms with Gasteiger partial charge in [0.1, 0.15) is 11.2 Å². The van der Waals surface area contributed by atoms with Crippen LogP contribution in [0.15, 0.2) is 36.4 Å². The van der Waals surface area contributed by atoms with Gasteiger partial charge in [-0.3, -0.25) is 0 Å². The fraction of sp³-hybridized carbons (Fsp3) is 0.125. The van der Waals surface area contributed by atoms with Crippen LogP contribution < -0.4 is 9.47 Å². The molecule has 6 nitrogen and oxygen atoms in total. The van der Waals surface area contributed by atoms with Gasteiger partial charge >= 0.3 is 0 Å². The van der Waals surface area contributed by atoms with Gasteiger partial charge in [0.15, 0.2) is 11.5 Å². The van der Waals surface area contributed by atoms with E-state index in [4.69, 9.17) is 21.1 Å². The van der Waals surface area contributed by atoms with Gasteiger partial charge in [-0.15, -0.1) is 0 Å². The van der Waals surface area contributed by atoms with E-state index in [1.54, 1.807) is 22.8 Å². The molecule has 2 aromatic carbocycles. The van der Waals surface area contributed by atoms with E-state index in [1.165, 1.54) is 0 Å². The fourth-order valence-corrected chi connectivity index (χ4v) is 3.20. The quantitative estimate of drug-likeness (QED) is 0.669. The first-order valence-electron chi connectivity index (χ1n) is 7.07. The Bertz CT molecular complexity index is 1080. The molecule has 24 heavy (non-hydrogen) atoms. The fourth-order valence-electron chi connectivity index (χ4n) is 2.68. The number of aromatic nitrogens is 2. The van der Waals surface area contributed by atoms with Gasteiger partial charge in [0, 0.05) is 11.6 Å². The van der Waals surface area contributed by atoms with Crippen LogP contribution in [0, 0.1) is 0 Å². The van der Waals surface area contributed by atoms with Crippen molar-refractivity contribution in [1.82, 2.24) is 9.55 Å². The Kier molecular flexibility index (Phi) is 3.66. The zero-order valence-electron chi connectivity index (χ0n) is 12.3. The summed E-state index contributed by atoms with van der Waals surface area (Å²) in [7, 11) is -2.35. The largest absolute Gasteiger partial charge is 0.454 e.